The number of hydrogen-bond donors (Lipinski definition) is 2. The quantitative estimate of drug-likeness (QED) is 0.407. The van der Waals surface area contributed by atoms with Crippen LogP contribution in [0.3, 0.4) is 0 Å². The van der Waals surface area contributed by atoms with Crippen molar-refractivity contribution in [1.82, 2.24) is 10.6 Å². The highest BCUT2D eigenvalue weighted by Crippen LogP contribution is 2.17. The van der Waals surface area contributed by atoms with Gasteiger partial charge in [-0.1, -0.05) is 36.4 Å². The summed E-state index contributed by atoms with van der Waals surface area (Å²) in [5.41, 5.74) is 1.65. The smallest absolute Gasteiger partial charge is 0.191 e. The van der Waals surface area contributed by atoms with Gasteiger partial charge in [0.1, 0.15) is 11.6 Å². The third-order valence-corrected chi connectivity index (χ3v) is 3.35. The molecule has 2 N–H and O–H groups in total. The van der Waals surface area contributed by atoms with Crippen LogP contribution in [-0.2, 0) is 13.1 Å². The molecule has 4 nitrogen and oxygen atoms in total. The first-order chi connectivity index (χ1) is 11.2. The van der Waals surface area contributed by atoms with Crippen LogP contribution in [0.5, 0.6) is 5.75 Å². The molecule has 24 heavy (non-hydrogen) atoms. The maximum atomic E-state index is 13.6. The van der Waals surface area contributed by atoms with Gasteiger partial charge in [0, 0.05) is 31.3 Å². The molecule has 0 aromatic heterocycles. The zero-order valence-electron chi connectivity index (χ0n) is 13.9. The fourth-order valence-electron chi connectivity index (χ4n) is 2.17. The number of ether oxygens (including phenoxy) is 1. The number of para-hydroxylation sites is 1. The number of nitrogens with one attached hydrogen (secondary N) is 2. The monoisotopic (exact) mass is 443 g/mol. The molecule has 0 atom stereocenters. The van der Waals surface area contributed by atoms with E-state index in [4.69, 9.17) is 4.74 Å². The molecule has 6 heteroatoms. The molecule has 0 spiro atoms. The van der Waals surface area contributed by atoms with Crippen molar-refractivity contribution >= 4 is 29.9 Å². The van der Waals surface area contributed by atoms with Gasteiger partial charge in [-0.15, -0.1) is 24.0 Å². The summed E-state index contributed by atoms with van der Waals surface area (Å²) in [6, 6.07) is 14.5. The fourth-order valence-corrected chi connectivity index (χ4v) is 2.17. The average molecular weight is 443 g/mol. The number of rotatable bonds is 6. The Morgan fingerprint density at radius 2 is 1.58 bits per heavy atom. The van der Waals surface area contributed by atoms with Crippen LogP contribution in [0.1, 0.15) is 18.1 Å². The molecule has 0 aliphatic carbocycles. The molecule has 0 radical (unpaired) electrons. The van der Waals surface area contributed by atoms with E-state index in [1.807, 2.05) is 37.3 Å². The van der Waals surface area contributed by atoms with E-state index >= 15 is 0 Å². The van der Waals surface area contributed by atoms with Crippen LogP contribution in [0, 0.1) is 5.82 Å². The lowest BCUT2D eigenvalue weighted by Gasteiger charge is -2.14. The van der Waals surface area contributed by atoms with Gasteiger partial charge in [0.25, 0.3) is 0 Å². The highest BCUT2D eigenvalue weighted by molar-refractivity contribution is 14.0. The summed E-state index contributed by atoms with van der Waals surface area (Å²) in [5, 5.41) is 6.32. The molecule has 0 fully saturated rings. The number of halogens is 2. The molecule has 130 valence electrons. The Labute approximate surface area is 159 Å². The largest absolute Gasteiger partial charge is 0.494 e. The summed E-state index contributed by atoms with van der Waals surface area (Å²) in [7, 11) is 1.69. The van der Waals surface area contributed by atoms with Gasteiger partial charge in [-0.3, -0.25) is 4.99 Å². The van der Waals surface area contributed by atoms with Gasteiger partial charge >= 0.3 is 0 Å². The van der Waals surface area contributed by atoms with Crippen LogP contribution in [0.25, 0.3) is 0 Å². The average Bonchev–Trinajstić information content (AvgIpc) is 2.58. The summed E-state index contributed by atoms with van der Waals surface area (Å²) in [4.78, 5) is 4.15. The molecule has 0 aliphatic rings. The molecular weight excluding hydrogens is 420 g/mol. The van der Waals surface area contributed by atoms with Crippen LogP contribution in [0.2, 0.25) is 0 Å². The molecule has 0 aliphatic heterocycles. The second-order valence-electron chi connectivity index (χ2n) is 4.91. The van der Waals surface area contributed by atoms with E-state index in [9.17, 15) is 4.39 Å². The van der Waals surface area contributed by atoms with Crippen LogP contribution >= 0.6 is 24.0 Å². The number of hydrogen-bond acceptors (Lipinski definition) is 2. The summed E-state index contributed by atoms with van der Waals surface area (Å²) in [5.74, 6) is 1.24. The zero-order chi connectivity index (χ0) is 16.5. The Morgan fingerprint density at radius 1 is 1.00 bits per heavy atom. The Bertz CT molecular complexity index is 664. The van der Waals surface area contributed by atoms with Gasteiger partial charge in [-0.2, -0.15) is 0 Å². The van der Waals surface area contributed by atoms with Gasteiger partial charge in [-0.05, 0) is 19.1 Å². The van der Waals surface area contributed by atoms with Crippen molar-refractivity contribution < 1.29 is 9.13 Å². The minimum absolute atomic E-state index is 0. The summed E-state index contributed by atoms with van der Waals surface area (Å²) >= 11 is 0. The third kappa shape index (κ3) is 5.99. The van der Waals surface area contributed by atoms with E-state index in [1.165, 1.54) is 6.07 Å². The molecule has 2 aromatic rings. The summed E-state index contributed by atoms with van der Waals surface area (Å²) in [6.07, 6.45) is 0. The first-order valence-corrected chi connectivity index (χ1v) is 7.63. The van der Waals surface area contributed by atoms with Crippen molar-refractivity contribution in [2.24, 2.45) is 4.99 Å². The molecular formula is C18H23FIN3O. The van der Waals surface area contributed by atoms with E-state index in [-0.39, 0.29) is 29.8 Å². The van der Waals surface area contributed by atoms with E-state index in [2.05, 4.69) is 15.6 Å². The van der Waals surface area contributed by atoms with Crippen molar-refractivity contribution in [3.63, 3.8) is 0 Å². The Hall–Kier alpha value is -1.83. The molecule has 0 amide bonds. The predicted molar refractivity (Wildman–Crippen MR) is 106 cm³/mol. The first-order valence-electron chi connectivity index (χ1n) is 7.63. The number of nitrogens with zero attached hydrogens (tertiary/aromatic N) is 1. The van der Waals surface area contributed by atoms with Crippen molar-refractivity contribution in [2.45, 2.75) is 20.0 Å². The minimum Gasteiger partial charge on any atom is -0.494 e. The van der Waals surface area contributed by atoms with Crippen molar-refractivity contribution in [3.8, 4) is 5.75 Å². The Kier molecular flexibility index (Phi) is 9.14. The SMILES string of the molecule is CCOc1ccccc1CNC(=NC)NCc1ccccc1F.I. The molecule has 0 saturated heterocycles. The standard InChI is InChI=1S/C18H22FN3O.HI/c1-3-23-17-11-7-5-9-15(17)13-22-18(20-2)21-12-14-8-4-6-10-16(14)19;/h4-11H,3,12-13H2,1-2H3,(H2,20,21,22);1H. The van der Waals surface area contributed by atoms with Crippen LogP contribution in [0.4, 0.5) is 4.39 Å². The van der Waals surface area contributed by atoms with E-state index in [0.717, 1.165) is 11.3 Å². The molecule has 0 saturated carbocycles. The Balaban J connectivity index is 0.00000288. The predicted octanol–water partition coefficient (Wildman–Crippen LogP) is 3.71. The van der Waals surface area contributed by atoms with Gasteiger partial charge < -0.3 is 15.4 Å². The van der Waals surface area contributed by atoms with Crippen molar-refractivity contribution in [3.05, 3.63) is 65.5 Å². The van der Waals surface area contributed by atoms with E-state index in [0.29, 0.717) is 31.2 Å². The van der Waals surface area contributed by atoms with Crippen LogP contribution in [-0.4, -0.2) is 19.6 Å². The topological polar surface area (TPSA) is 45.6 Å². The van der Waals surface area contributed by atoms with Gasteiger partial charge in [0.15, 0.2) is 5.96 Å². The normalized spacial score (nSPS) is 10.7. The second kappa shape index (κ2) is 10.9. The van der Waals surface area contributed by atoms with E-state index in [1.54, 1.807) is 19.2 Å². The summed E-state index contributed by atoms with van der Waals surface area (Å²) < 4.78 is 19.2. The highest BCUT2D eigenvalue weighted by Gasteiger charge is 2.05. The molecule has 2 aromatic carbocycles. The van der Waals surface area contributed by atoms with Crippen molar-refractivity contribution in [1.29, 1.82) is 0 Å². The lowest BCUT2D eigenvalue weighted by Crippen LogP contribution is -2.36. The van der Waals surface area contributed by atoms with Gasteiger partial charge in [0.05, 0.1) is 6.61 Å². The molecule has 0 heterocycles. The zero-order valence-corrected chi connectivity index (χ0v) is 16.2. The van der Waals surface area contributed by atoms with Crippen LogP contribution < -0.4 is 15.4 Å². The lowest BCUT2D eigenvalue weighted by atomic mass is 10.2. The third-order valence-electron chi connectivity index (χ3n) is 3.35. The number of benzene rings is 2. The molecule has 0 bridgehead atoms. The first kappa shape index (κ1) is 20.2. The van der Waals surface area contributed by atoms with Gasteiger partial charge in [-0.25, -0.2) is 4.39 Å². The summed E-state index contributed by atoms with van der Waals surface area (Å²) in [6.45, 7) is 3.53. The van der Waals surface area contributed by atoms with Crippen LogP contribution in [0.15, 0.2) is 53.5 Å². The molecule has 2 rings (SSSR count). The second-order valence-corrected chi connectivity index (χ2v) is 4.91. The number of guanidine groups is 1. The lowest BCUT2D eigenvalue weighted by molar-refractivity contribution is 0.336. The van der Waals surface area contributed by atoms with Gasteiger partial charge in [0.2, 0.25) is 0 Å². The Morgan fingerprint density at radius 3 is 2.21 bits per heavy atom. The van der Waals surface area contributed by atoms with Crippen molar-refractivity contribution in [2.75, 3.05) is 13.7 Å². The number of aliphatic imine (C=N–C) groups is 1. The minimum atomic E-state index is -0.225. The molecule has 0 unspecified atom stereocenters. The van der Waals surface area contributed by atoms with E-state index < -0.39 is 0 Å². The maximum absolute atomic E-state index is 13.6. The maximum Gasteiger partial charge on any atom is 0.191 e. The highest BCUT2D eigenvalue weighted by atomic mass is 127. The fraction of sp³-hybridized carbons (Fsp3) is 0.278.